The third kappa shape index (κ3) is 5.96. The van der Waals surface area contributed by atoms with Gasteiger partial charge in [0.1, 0.15) is 5.60 Å². The van der Waals surface area contributed by atoms with Crippen molar-refractivity contribution in [3.8, 4) is 0 Å². The lowest BCUT2D eigenvalue weighted by atomic mass is 10.1. The van der Waals surface area contributed by atoms with E-state index in [-0.39, 0.29) is 17.8 Å². The Balaban J connectivity index is 2.20. The smallest absolute Gasteiger partial charge is 0.316 e. The summed E-state index contributed by atoms with van der Waals surface area (Å²) in [7, 11) is 0. The highest BCUT2D eigenvalue weighted by Crippen LogP contribution is 2.50. The van der Waals surface area contributed by atoms with E-state index in [2.05, 4.69) is 0 Å². The summed E-state index contributed by atoms with van der Waals surface area (Å²) in [5.74, 6) is 0.0611. The lowest BCUT2D eigenvalue weighted by Crippen LogP contribution is -2.25. The van der Waals surface area contributed by atoms with E-state index in [1.54, 1.807) is 0 Å². The average Bonchev–Trinajstić information content (AvgIpc) is 2.80. The molecule has 1 saturated carbocycles. The van der Waals surface area contributed by atoms with Gasteiger partial charge in [-0.3, -0.25) is 9.59 Å². The molecule has 1 N–H and O–H groups in total. The highest BCUT2D eigenvalue weighted by atomic mass is 32.2. The van der Waals surface area contributed by atoms with Crippen molar-refractivity contribution in [2.45, 2.75) is 45.6 Å². The third-order valence-corrected chi connectivity index (χ3v) is 3.79. The first-order chi connectivity index (χ1) is 7.72. The second-order valence-electron chi connectivity index (χ2n) is 5.65. The Labute approximate surface area is 106 Å². The maximum Gasteiger partial charge on any atom is 0.316 e. The zero-order chi connectivity index (χ0) is 13.1. The SMILES string of the molecule is CC(C)(C)OC(=O)CSCC1(CC(=O)O)CC1. The third-order valence-electron chi connectivity index (χ3n) is 2.53. The molecule has 0 unspecified atom stereocenters. The number of ether oxygens (including phenoxy) is 1. The first-order valence-electron chi connectivity index (χ1n) is 5.74. The molecule has 17 heavy (non-hydrogen) atoms. The van der Waals surface area contributed by atoms with Crippen molar-refractivity contribution >= 4 is 23.7 Å². The van der Waals surface area contributed by atoms with Gasteiger partial charge in [-0.2, -0.15) is 0 Å². The first-order valence-corrected chi connectivity index (χ1v) is 6.89. The summed E-state index contributed by atoms with van der Waals surface area (Å²) in [6.45, 7) is 5.51. The lowest BCUT2D eigenvalue weighted by Gasteiger charge is -2.19. The van der Waals surface area contributed by atoms with Crippen molar-refractivity contribution in [3.05, 3.63) is 0 Å². The Kier molecular flexibility index (Phi) is 4.47. The number of esters is 1. The van der Waals surface area contributed by atoms with Gasteiger partial charge < -0.3 is 9.84 Å². The van der Waals surface area contributed by atoms with Crippen LogP contribution in [0.5, 0.6) is 0 Å². The Morgan fingerprint density at radius 2 is 1.94 bits per heavy atom. The topological polar surface area (TPSA) is 63.6 Å². The summed E-state index contributed by atoms with van der Waals surface area (Å²) >= 11 is 1.48. The minimum atomic E-state index is -0.750. The molecule has 0 aliphatic heterocycles. The zero-order valence-electron chi connectivity index (χ0n) is 10.6. The molecule has 5 heteroatoms. The van der Waals surface area contributed by atoms with E-state index in [0.717, 1.165) is 18.6 Å². The number of hydrogen-bond acceptors (Lipinski definition) is 4. The largest absolute Gasteiger partial charge is 0.481 e. The summed E-state index contributed by atoms with van der Waals surface area (Å²) < 4.78 is 5.18. The maximum atomic E-state index is 11.4. The van der Waals surface area contributed by atoms with E-state index in [1.807, 2.05) is 20.8 Å². The van der Waals surface area contributed by atoms with Crippen LogP contribution in [0.3, 0.4) is 0 Å². The molecule has 1 aliphatic carbocycles. The minimum absolute atomic E-state index is 0.0570. The fraction of sp³-hybridized carbons (Fsp3) is 0.833. The van der Waals surface area contributed by atoms with Crippen LogP contribution in [0.25, 0.3) is 0 Å². The summed E-state index contributed by atoms with van der Waals surface area (Å²) in [4.78, 5) is 22.1. The van der Waals surface area contributed by atoms with Crippen molar-refractivity contribution in [2.24, 2.45) is 5.41 Å². The van der Waals surface area contributed by atoms with E-state index in [1.165, 1.54) is 11.8 Å². The van der Waals surface area contributed by atoms with Gasteiger partial charge in [0, 0.05) is 5.75 Å². The van der Waals surface area contributed by atoms with Gasteiger partial charge in [0.2, 0.25) is 0 Å². The summed E-state index contributed by atoms with van der Waals surface area (Å²) in [6, 6.07) is 0. The number of rotatable bonds is 6. The highest BCUT2D eigenvalue weighted by Gasteiger charge is 2.44. The Bertz CT molecular complexity index is 302. The predicted octanol–water partition coefficient (Wildman–Crippen LogP) is 2.32. The molecule has 0 radical (unpaired) electrons. The fourth-order valence-corrected chi connectivity index (χ4v) is 2.74. The van der Waals surface area contributed by atoms with Crippen molar-refractivity contribution in [1.29, 1.82) is 0 Å². The van der Waals surface area contributed by atoms with E-state index in [4.69, 9.17) is 9.84 Å². The van der Waals surface area contributed by atoms with Gasteiger partial charge in [0.15, 0.2) is 0 Å². The number of carboxylic acid groups (broad SMARTS) is 1. The van der Waals surface area contributed by atoms with Crippen molar-refractivity contribution in [2.75, 3.05) is 11.5 Å². The van der Waals surface area contributed by atoms with Crippen LogP contribution in [-0.4, -0.2) is 34.2 Å². The molecule has 98 valence electrons. The van der Waals surface area contributed by atoms with Crippen molar-refractivity contribution in [1.82, 2.24) is 0 Å². The lowest BCUT2D eigenvalue weighted by molar-refractivity contribution is -0.151. The number of carbonyl (C=O) groups excluding carboxylic acids is 1. The molecule has 1 aliphatic rings. The van der Waals surface area contributed by atoms with Gasteiger partial charge in [0.05, 0.1) is 12.2 Å². The van der Waals surface area contributed by atoms with Crippen molar-refractivity contribution < 1.29 is 19.4 Å². The monoisotopic (exact) mass is 260 g/mol. The van der Waals surface area contributed by atoms with Gasteiger partial charge in [0.25, 0.3) is 0 Å². The molecule has 0 amide bonds. The standard InChI is InChI=1S/C12H20O4S/c1-11(2,3)16-10(15)7-17-8-12(4-5-12)6-9(13)14/h4-8H2,1-3H3,(H,13,14). The van der Waals surface area contributed by atoms with Crippen LogP contribution < -0.4 is 0 Å². The fourth-order valence-electron chi connectivity index (χ4n) is 1.59. The molecule has 0 heterocycles. The molecule has 0 aromatic carbocycles. The Morgan fingerprint density at radius 3 is 2.35 bits per heavy atom. The minimum Gasteiger partial charge on any atom is -0.481 e. The first kappa shape index (κ1) is 14.4. The van der Waals surface area contributed by atoms with E-state index < -0.39 is 11.6 Å². The van der Waals surface area contributed by atoms with E-state index in [9.17, 15) is 9.59 Å². The average molecular weight is 260 g/mol. The van der Waals surface area contributed by atoms with Crippen LogP contribution in [-0.2, 0) is 14.3 Å². The van der Waals surface area contributed by atoms with Crippen LogP contribution >= 0.6 is 11.8 Å². The van der Waals surface area contributed by atoms with E-state index in [0.29, 0.717) is 5.75 Å². The Hall–Kier alpha value is -0.710. The Morgan fingerprint density at radius 1 is 1.35 bits per heavy atom. The second kappa shape index (κ2) is 5.29. The highest BCUT2D eigenvalue weighted by molar-refractivity contribution is 7.99. The van der Waals surface area contributed by atoms with Crippen LogP contribution in [0, 0.1) is 5.41 Å². The predicted molar refractivity (Wildman–Crippen MR) is 67.1 cm³/mol. The molecule has 4 nitrogen and oxygen atoms in total. The molecule has 0 bridgehead atoms. The van der Waals surface area contributed by atoms with Crippen LogP contribution in [0.2, 0.25) is 0 Å². The van der Waals surface area contributed by atoms with Crippen LogP contribution in [0.1, 0.15) is 40.0 Å². The molecule has 0 aromatic rings. The molecular formula is C12H20O4S. The zero-order valence-corrected chi connectivity index (χ0v) is 11.4. The number of thioether (sulfide) groups is 1. The molecular weight excluding hydrogens is 240 g/mol. The number of hydrogen-bond donors (Lipinski definition) is 1. The van der Waals surface area contributed by atoms with Gasteiger partial charge in [-0.25, -0.2) is 0 Å². The normalized spacial score (nSPS) is 17.6. The van der Waals surface area contributed by atoms with Gasteiger partial charge in [-0.1, -0.05) is 0 Å². The molecule has 0 atom stereocenters. The van der Waals surface area contributed by atoms with Crippen molar-refractivity contribution in [3.63, 3.8) is 0 Å². The quantitative estimate of drug-likeness (QED) is 0.742. The number of carboxylic acids is 1. The van der Waals surface area contributed by atoms with E-state index >= 15 is 0 Å². The number of aliphatic carboxylic acids is 1. The molecule has 1 rings (SSSR count). The summed E-state index contributed by atoms with van der Waals surface area (Å²) in [5.41, 5.74) is -0.505. The number of carbonyl (C=O) groups is 2. The molecule has 1 fully saturated rings. The van der Waals surface area contributed by atoms with Crippen LogP contribution in [0.15, 0.2) is 0 Å². The van der Waals surface area contributed by atoms with Gasteiger partial charge in [-0.05, 0) is 39.0 Å². The van der Waals surface area contributed by atoms with Crippen LogP contribution in [0.4, 0.5) is 0 Å². The molecule has 0 saturated heterocycles. The second-order valence-corrected chi connectivity index (χ2v) is 6.64. The maximum absolute atomic E-state index is 11.4. The van der Waals surface area contributed by atoms with Gasteiger partial charge >= 0.3 is 11.9 Å². The molecule has 0 aromatic heterocycles. The molecule has 0 spiro atoms. The van der Waals surface area contributed by atoms with Gasteiger partial charge in [-0.15, -0.1) is 11.8 Å². The summed E-state index contributed by atoms with van der Waals surface area (Å²) in [6.07, 6.45) is 2.13. The summed E-state index contributed by atoms with van der Waals surface area (Å²) in [5, 5.41) is 8.75.